The Morgan fingerprint density at radius 2 is 2.24 bits per heavy atom. The van der Waals surface area contributed by atoms with Crippen molar-refractivity contribution in [2.75, 3.05) is 25.1 Å². The third-order valence-electron chi connectivity index (χ3n) is 3.98. The van der Waals surface area contributed by atoms with Crippen LogP contribution in [0.5, 0.6) is 0 Å². The maximum Gasteiger partial charge on any atom is 0.310 e. The summed E-state index contributed by atoms with van der Waals surface area (Å²) in [7, 11) is 1.44. The number of fused-ring (bicyclic) bond motifs is 1. The molecular weight excluding hydrogens is 334 g/mol. The molecule has 110 valence electrons. The molecule has 0 bridgehead atoms. The monoisotopic (exact) mass is 349 g/mol. The number of pyridine rings is 2. The van der Waals surface area contributed by atoms with Crippen molar-refractivity contribution in [2.45, 2.75) is 6.92 Å². The Morgan fingerprint density at radius 3 is 3.00 bits per heavy atom. The normalized spacial score (nSPS) is 21.8. The van der Waals surface area contributed by atoms with Crippen molar-refractivity contribution in [1.82, 2.24) is 9.97 Å². The van der Waals surface area contributed by atoms with Crippen LogP contribution in [0.2, 0.25) is 0 Å². The summed E-state index contributed by atoms with van der Waals surface area (Å²) in [5.74, 6) is 0.0313. The molecule has 21 heavy (non-hydrogen) atoms. The molecule has 0 radical (unpaired) electrons. The van der Waals surface area contributed by atoms with E-state index in [0.29, 0.717) is 6.54 Å². The molecule has 1 aliphatic rings. The van der Waals surface area contributed by atoms with Gasteiger partial charge in [0.15, 0.2) is 0 Å². The molecule has 1 fully saturated rings. The molecule has 5 nitrogen and oxygen atoms in total. The number of carbonyl (C=O) groups is 1. The molecule has 3 rings (SSSR count). The highest BCUT2D eigenvalue weighted by atomic mass is 79.9. The molecule has 2 unspecified atom stereocenters. The third-order valence-corrected chi connectivity index (χ3v) is 4.41. The zero-order chi connectivity index (χ0) is 15.0. The molecular formula is C15H16BrN3O2. The minimum absolute atomic E-state index is 0.0892. The van der Waals surface area contributed by atoms with Crippen LogP contribution in [0.15, 0.2) is 29.0 Å². The largest absolute Gasteiger partial charge is 0.469 e. The number of hydrogen-bond acceptors (Lipinski definition) is 5. The number of ether oxygens (including phenoxy) is 1. The van der Waals surface area contributed by atoms with Gasteiger partial charge < -0.3 is 9.64 Å². The number of hydrogen-bond donors (Lipinski definition) is 0. The van der Waals surface area contributed by atoms with Gasteiger partial charge in [0.1, 0.15) is 5.52 Å². The highest BCUT2D eigenvalue weighted by Crippen LogP contribution is 2.32. The first-order chi connectivity index (χ1) is 10.1. The van der Waals surface area contributed by atoms with Crippen molar-refractivity contribution in [3.05, 3.63) is 29.0 Å². The van der Waals surface area contributed by atoms with Gasteiger partial charge in [-0.15, -0.1) is 0 Å². The topological polar surface area (TPSA) is 55.3 Å². The number of nitrogens with zero attached hydrogens (tertiary/aromatic N) is 3. The molecule has 1 aliphatic heterocycles. The van der Waals surface area contributed by atoms with E-state index in [1.54, 1.807) is 12.4 Å². The van der Waals surface area contributed by atoms with Gasteiger partial charge in [0, 0.05) is 30.0 Å². The van der Waals surface area contributed by atoms with E-state index in [1.165, 1.54) is 7.11 Å². The summed E-state index contributed by atoms with van der Waals surface area (Å²) in [5.41, 5.74) is 2.72. The lowest BCUT2D eigenvalue weighted by Gasteiger charge is -2.19. The van der Waals surface area contributed by atoms with E-state index in [1.807, 2.05) is 12.1 Å². The summed E-state index contributed by atoms with van der Waals surface area (Å²) in [4.78, 5) is 22.8. The number of esters is 1. The van der Waals surface area contributed by atoms with Gasteiger partial charge in [0.05, 0.1) is 24.2 Å². The molecule has 0 N–H and O–H groups in total. The van der Waals surface area contributed by atoms with Crippen LogP contribution in [0.25, 0.3) is 11.0 Å². The lowest BCUT2D eigenvalue weighted by molar-refractivity contribution is -0.145. The fraction of sp³-hybridized carbons (Fsp3) is 0.400. The number of halogens is 1. The molecule has 0 saturated carbocycles. The van der Waals surface area contributed by atoms with E-state index in [2.05, 4.69) is 37.7 Å². The molecule has 2 atom stereocenters. The van der Waals surface area contributed by atoms with Gasteiger partial charge in [-0.1, -0.05) is 6.92 Å². The standard InChI is InChI=1S/C15H16BrN3O2/c1-9-7-19(8-11(9)15(20)21-2)13-3-4-17-12-5-10(16)6-18-14(12)13/h3-6,9,11H,7-8H2,1-2H3. The first-order valence-corrected chi connectivity index (χ1v) is 7.62. The van der Waals surface area contributed by atoms with Crippen LogP contribution in [-0.4, -0.2) is 36.1 Å². The van der Waals surface area contributed by atoms with Crippen molar-refractivity contribution in [3.8, 4) is 0 Å². The van der Waals surface area contributed by atoms with Crippen molar-refractivity contribution < 1.29 is 9.53 Å². The zero-order valence-electron chi connectivity index (χ0n) is 11.9. The van der Waals surface area contributed by atoms with E-state index in [0.717, 1.165) is 27.7 Å². The quantitative estimate of drug-likeness (QED) is 0.780. The Balaban J connectivity index is 1.97. The van der Waals surface area contributed by atoms with Gasteiger partial charge in [-0.25, -0.2) is 0 Å². The van der Waals surface area contributed by atoms with Crippen LogP contribution in [0.4, 0.5) is 5.69 Å². The summed E-state index contributed by atoms with van der Waals surface area (Å²) in [5, 5.41) is 0. The van der Waals surface area contributed by atoms with E-state index in [-0.39, 0.29) is 17.8 Å². The van der Waals surface area contributed by atoms with E-state index in [9.17, 15) is 4.79 Å². The lowest BCUT2D eigenvalue weighted by Crippen LogP contribution is -2.24. The van der Waals surface area contributed by atoms with Gasteiger partial charge >= 0.3 is 5.97 Å². The zero-order valence-corrected chi connectivity index (χ0v) is 13.5. The Morgan fingerprint density at radius 1 is 1.43 bits per heavy atom. The SMILES string of the molecule is COC(=O)C1CN(c2ccnc3cc(Br)cnc23)CC1C. The molecule has 6 heteroatoms. The van der Waals surface area contributed by atoms with Gasteiger partial charge in [-0.2, -0.15) is 0 Å². The summed E-state index contributed by atoms with van der Waals surface area (Å²) in [6.45, 7) is 3.55. The molecule has 0 amide bonds. The molecule has 2 aromatic rings. The second-order valence-electron chi connectivity index (χ2n) is 5.36. The highest BCUT2D eigenvalue weighted by molar-refractivity contribution is 9.10. The maximum absolute atomic E-state index is 11.8. The molecule has 0 aliphatic carbocycles. The summed E-state index contributed by atoms with van der Waals surface area (Å²) < 4.78 is 5.80. The Kier molecular flexibility index (Phi) is 3.80. The average molecular weight is 350 g/mol. The minimum atomic E-state index is -0.140. The van der Waals surface area contributed by atoms with Gasteiger partial charge in [0.2, 0.25) is 0 Å². The number of aromatic nitrogens is 2. The van der Waals surface area contributed by atoms with Crippen LogP contribution in [0.1, 0.15) is 6.92 Å². The Hall–Kier alpha value is -1.69. The summed E-state index contributed by atoms with van der Waals surface area (Å²) in [6, 6.07) is 3.90. The van der Waals surface area contributed by atoms with Crippen LogP contribution in [-0.2, 0) is 9.53 Å². The first kappa shape index (κ1) is 14.3. The van der Waals surface area contributed by atoms with Crippen molar-refractivity contribution >= 4 is 38.6 Å². The predicted molar refractivity (Wildman–Crippen MR) is 84.1 cm³/mol. The Labute approximate surface area is 131 Å². The van der Waals surface area contributed by atoms with Crippen molar-refractivity contribution in [2.24, 2.45) is 11.8 Å². The minimum Gasteiger partial charge on any atom is -0.469 e. The second kappa shape index (κ2) is 5.60. The number of methoxy groups -OCH3 is 1. The van der Waals surface area contributed by atoms with E-state index in [4.69, 9.17) is 4.74 Å². The highest BCUT2D eigenvalue weighted by Gasteiger charge is 2.36. The van der Waals surface area contributed by atoms with E-state index < -0.39 is 0 Å². The van der Waals surface area contributed by atoms with E-state index >= 15 is 0 Å². The number of anilines is 1. The lowest BCUT2D eigenvalue weighted by atomic mass is 9.99. The second-order valence-corrected chi connectivity index (χ2v) is 6.28. The van der Waals surface area contributed by atoms with Crippen LogP contribution >= 0.6 is 15.9 Å². The molecule has 0 spiro atoms. The molecule has 0 aromatic carbocycles. The summed E-state index contributed by atoms with van der Waals surface area (Å²) >= 11 is 3.41. The first-order valence-electron chi connectivity index (χ1n) is 6.83. The molecule has 3 heterocycles. The third kappa shape index (κ3) is 2.60. The van der Waals surface area contributed by atoms with Gasteiger partial charge in [-0.05, 0) is 34.0 Å². The maximum atomic E-state index is 11.8. The van der Waals surface area contributed by atoms with Gasteiger partial charge in [-0.3, -0.25) is 14.8 Å². The van der Waals surface area contributed by atoms with Crippen LogP contribution < -0.4 is 4.90 Å². The molecule has 1 saturated heterocycles. The average Bonchev–Trinajstić information content (AvgIpc) is 2.87. The smallest absolute Gasteiger partial charge is 0.310 e. The summed E-state index contributed by atoms with van der Waals surface area (Å²) in [6.07, 6.45) is 3.55. The van der Waals surface area contributed by atoms with Crippen molar-refractivity contribution in [1.29, 1.82) is 0 Å². The Bertz CT molecular complexity index is 692. The fourth-order valence-electron chi connectivity index (χ4n) is 2.87. The van der Waals surface area contributed by atoms with Crippen LogP contribution in [0, 0.1) is 11.8 Å². The van der Waals surface area contributed by atoms with Crippen LogP contribution in [0.3, 0.4) is 0 Å². The van der Waals surface area contributed by atoms with Crippen molar-refractivity contribution in [3.63, 3.8) is 0 Å². The fourth-order valence-corrected chi connectivity index (χ4v) is 3.19. The predicted octanol–water partition coefficient (Wildman–Crippen LogP) is 2.64. The number of rotatable bonds is 2. The molecule has 2 aromatic heterocycles. The number of carbonyl (C=O) groups excluding carboxylic acids is 1. The van der Waals surface area contributed by atoms with Gasteiger partial charge in [0.25, 0.3) is 0 Å².